The summed E-state index contributed by atoms with van der Waals surface area (Å²) in [5.41, 5.74) is 0. The van der Waals surface area contributed by atoms with E-state index >= 15 is 0 Å². The van der Waals surface area contributed by atoms with Crippen LogP contribution < -0.4 is 10.1 Å². The number of hydrogen-bond donors (Lipinski definition) is 1. The molecule has 2 aliphatic rings. The summed E-state index contributed by atoms with van der Waals surface area (Å²) >= 11 is 1.24. The van der Waals surface area contributed by atoms with Crippen LogP contribution in [0, 0.1) is 5.92 Å². The van der Waals surface area contributed by atoms with Crippen LogP contribution in [0.4, 0.5) is 9.93 Å². The normalized spacial score (nSPS) is 20.6. The second-order valence-corrected chi connectivity index (χ2v) is 7.59. The van der Waals surface area contributed by atoms with Gasteiger partial charge in [-0.1, -0.05) is 24.4 Å². The Morgan fingerprint density at radius 3 is 2.75 bits per heavy atom. The van der Waals surface area contributed by atoms with E-state index < -0.39 is 0 Å². The molecule has 1 aromatic rings. The first-order valence-electron chi connectivity index (χ1n) is 8.90. The highest BCUT2D eigenvalue weighted by Crippen LogP contribution is 2.25. The number of anilines is 1. The lowest BCUT2D eigenvalue weighted by atomic mass is 9.89. The van der Waals surface area contributed by atoms with Crippen LogP contribution >= 0.6 is 11.3 Å². The number of rotatable bonds is 4. The van der Waals surface area contributed by atoms with Gasteiger partial charge >= 0.3 is 6.03 Å². The summed E-state index contributed by atoms with van der Waals surface area (Å²) in [4.78, 5) is 16.8. The highest BCUT2D eigenvalue weighted by atomic mass is 32.1. The van der Waals surface area contributed by atoms with Gasteiger partial charge in [0.15, 0.2) is 0 Å². The van der Waals surface area contributed by atoms with Crippen molar-refractivity contribution in [2.45, 2.75) is 38.5 Å². The van der Waals surface area contributed by atoms with Crippen LogP contribution in [0.2, 0.25) is 0 Å². The summed E-state index contributed by atoms with van der Waals surface area (Å²) in [7, 11) is 1.54. The van der Waals surface area contributed by atoms with E-state index in [-0.39, 0.29) is 6.03 Å². The summed E-state index contributed by atoms with van der Waals surface area (Å²) < 4.78 is 5.00. The lowest BCUT2D eigenvalue weighted by Gasteiger charge is -2.28. The second-order valence-electron chi connectivity index (χ2n) is 6.65. The molecule has 134 valence electrons. The SMILES string of the molecule is COc1nnc(NC(=O)N2CCCN(CC3CCCCC3)CC2)s1. The molecule has 2 fully saturated rings. The number of nitrogens with one attached hydrogen (secondary N) is 1. The molecule has 1 aliphatic heterocycles. The molecular weight excluding hydrogens is 326 g/mol. The number of aromatic nitrogens is 2. The van der Waals surface area contributed by atoms with E-state index in [0.29, 0.717) is 10.3 Å². The fraction of sp³-hybridized carbons (Fsp3) is 0.812. The predicted octanol–water partition coefficient (Wildman–Crippen LogP) is 2.67. The largest absolute Gasteiger partial charge is 0.472 e. The Bertz CT molecular complexity index is 532. The van der Waals surface area contributed by atoms with E-state index in [1.165, 1.54) is 50.0 Å². The van der Waals surface area contributed by atoms with Crippen LogP contribution in [-0.4, -0.2) is 65.9 Å². The van der Waals surface area contributed by atoms with Crippen molar-refractivity contribution in [3.05, 3.63) is 0 Å². The van der Waals surface area contributed by atoms with Gasteiger partial charge in [-0.05, 0) is 43.1 Å². The third-order valence-corrected chi connectivity index (χ3v) is 5.71. The Balaban J connectivity index is 1.46. The van der Waals surface area contributed by atoms with Gasteiger partial charge in [0.1, 0.15) is 0 Å². The number of ether oxygens (including phenoxy) is 1. The van der Waals surface area contributed by atoms with Gasteiger partial charge in [-0.15, -0.1) is 5.10 Å². The van der Waals surface area contributed by atoms with Crippen molar-refractivity contribution in [1.82, 2.24) is 20.0 Å². The molecule has 1 saturated carbocycles. The summed E-state index contributed by atoms with van der Waals surface area (Å²) in [6.45, 7) is 4.82. The molecule has 0 unspecified atom stereocenters. The topological polar surface area (TPSA) is 70.6 Å². The van der Waals surface area contributed by atoms with E-state index in [4.69, 9.17) is 4.74 Å². The average molecular weight is 353 g/mol. The molecule has 0 aromatic carbocycles. The molecule has 2 amide bonds. The zero-order valence-corrected chi connectivity index (χ0v) is 15.2. The molecule has 1 aromatic heterocycles. The van der Waals surface area contributed by atoms with Gasteiger partial charge in [0, 0.05) is 26.2 Å². The van der Waals surface area contributed by atoms with Crippen molar-refractivity contribution in [3.63, 3.8) is 0 Å². The van der Waals surface area contributed by atoms with Crippen LogP contribution in [0.3, 0.4) is 0 Å². The molecule has 0 atom stereocenters. The van der Waals surface area contributed by atoms with Gasteiger partial charge in [0.25, 0.3) is 5.19 Å². The molecule has 1 saturated heterocycles. The van der Waals surface area contributed by atoms with Crippen molar-refractivity contribution in [2.24, 2.45) is 5.92 Å². The number of amides is 2. The molecule has 2 heterocycles. The Kier molecular flexibility index (Phi) is 6.25. The number of hydrogen-bond acceptors (Lipinski definition) is 6. The molecule has 0 bridgehead atoms. The van der Waals surface area contributed by atoms with Gasteiger partial charge in [0.2, 0.25) is 5.13 Å². The average Bonchev–Trinajstić information content (AvgIpc) is 2.92. The van der Waals surface area contributed by atoms with Gasteiger partial charge in [-0.2, -0.15) is 0 Å². The minimum Gasteiger partial charge on any atom is -0.472 e. The maximum Gasteiger partial charge on any atom is 0.323 e. The van der Waals surface area contributed by atoms with E-state index in [2.05, 4.69) is 20.4 Å². The fourth-order valence-electron chi connectivity index (χ4n) is 3.60. The Hall–Kier alpha value is -1.41. The van der Waals surface area contributed by atoms with Crippen LogP contribution in [0.15, 0.2) is 0 Å². The third kappa shape index (κ3) is 4.80. The molecular formula is C16H27N5O2S. The first-order chi connectivity index (χ1) is 11.7. The third-order valence-electron chi connectivity index (χ3n) is 4.91. The number of methoxy groups -OCH3 is 1. The van der Waals surface area contributed by atoms with Crippen LogP contribution in [0.5, 0.6) is 5.19 Å². The second kappa shape index (κ2) is 8.62. The quantitative estimate of drug-likeness (QED) is 0.901. The summed E-state index contributed by atoms with van der Waals surface area (Å²) in [6.07, 6.45) is 7.95. The van der Waals surface area contributed by atoms with Crippen molar-refractivity contribution in [2.75, 3.05) is 45.2 Å². The smallest absolute Gasteiger partial charge is 0.323 e. The lowest BCUT2D eigenvalue weighted by molar-refractivity contribution is 0.197. The Morgan fingerprint density at radius 2 is 2.00 bits per heavy atom. The van der Waals surface area contributed by atoms with Crippen LogP contribution in [0.25, 0.3) is 0 Å². The monoisotopic (exact) mass is 353 g/mol. The maximum atomic E-state index is 12.4. The summed E-state index contributed by atoms with van der Waals surface area (Å²) in [5.74, 6) is 0.855. The predicted molar refractivity (Wildman–Crippen MR) is 94.7 cm³/mol. The first kappa shape index (κ1) is 17.4. The van der Waals surface area contributed by atoms with E-state index in [9.17, 15) is 4.79 Å². The van der Waals surface area contributed by atoms with Gasteiger partial charge in [-0.3, -0.25) is 5.32 Å². The maximum absolute atomic E-state index is 12.4. The van der Waals surface area contributed by atoms with Gasteiger partial charge < -0.3 is 14.5 Å². The lowest BCUT2D eigenvalue weighted by Crippen LogP contribution is -2.39. The molecule has 8 heteroatoms. The number of carbonyl (C=O) groups is 1. The molecule has 1 aliphatic carbocycles. The summed E-state index contributed by atoms with van der Waals surface area (Å²) in [5, 5.41) is 11.5. The molecule has 0 radical (unpaired) electrons. The van der Waals surface area contributed by atoms with Crippen molar-refractivity contribution >= 4 is 22.5 Å². The molecule has 0 spiro atoms. The first-order valence-corrected chi connectivity index (χ1v) is 9.72. The van der Waals surface area contributed by atoms with E-state index in [1.807, 2.05) is 4.90 Å². The number of nitrogens with zero attached hydrogens (tertiary/aromatic N) is 4. The van der Waals surface area contributed by atoms with Crippen LogP contribution in [-0.2, 0) is 0 Å². The molecule has 1 N–H and O–H groups in total. The standard InChI is InChI=1S/C16H27N5O2S/c1-23-16-19-18-14(24-16)17-15(22)21-9-5-8-20(10-11-21)12-13-6-3-2-4-7-13/h13H,2-12H2,1H3,(H,17,18,22). The minimum atomic E-state index is -0.0895. The zero-order chi connectivity index (χ0) is 16.8. The zero-order valence-electron chi connectivity index (χ0n) is 14.4. The van der Waals surface area contributed by atoms with Gasteiger partial charge in [0.05, 0.1) is 7.11 Å². The number of urea groups is 1. The molecule has 24 heavy (non-hydrogen) atoms. The highest BCUT2D eigenvalue weighted by Gasteiger charge is 2.23. The Labute approximate surface area is 147 Å². The van der Waals surface area contributed by atoms with Crippen molar-refractivity contribution < 1.29 is 9.53 Å². The number of carbonyl (C=O) groups excluding carboxylic acids is 1. The van der Waals surface area contributed by atoms with Gasteiger partial charge in [-0.25, -0.2) is 4.79 Å². The molecule has 7 nitrogen and oxygen atoms in total. The fourth-order valence-corrected chi connectivity index (χ4v) is 4.16. The van der Waals surface area contributed by atoms with Crippen molar-refractivity contribution in [1.29, 1.82) is 0 Å². The minimum absolute atomic E-state index is 0.0895. The van der Waals surface area contributed by atoms with E-state index in [0.717, 1.165) is 38.5 Å². The van der Waals surface area contributed by atoms with Crippen LogP contribution in [0.1, 0.15) is 38.5 Å². The Morgan fingerprint density at radius 1 is 1.17 bits per heavy atom. The highest BCUT2D eigenvalue weighted by molar-refractivity contribution is 7.17. The van der Waals surface area contributed by atoms with E-state index in [1.54, 1.807) is 7.11 Å². The summed E-state index contributed by atoms with van der Waals surface area (Å²) in [6, 6.07) is -0.0895. The molecule has 3 rings (SSSR count). The van der Waals surface area contributed by atoms with Crippen molar-refractivity contribution in [3.8, 4) is 5.19 Å².